The van der Waals surface area contributed by atoms with Gasteiger partial charge in [0.1, 0.15) is 5.01 Å². The van der Waals surface area contributed by atoms with Crippen molar-refractivity contribution in [3.63, 3.8) is 0 Å². The zero-order chi connectivity index (χ0) is 17.4. The van der Waals surface area contributed by atoms with Gasteiger partial charge in [0.05, 0.1) is 16.8 Å². The van der Waals surface area contributed by atoms with Crippen molar-refractivity contribution in [1.82, 2.24) is 4.98 Å². The number of hydrogen-bond donors (Lipinski definition) is 0. The Labute approximate surface area is 144 Å². The fourth-order valence-electron chi connectivity index (χ4n) is 2.75. The van der Waals surface area contributed by atoms with E-state index in [4.69, 9.17) is 9.72 Å². The van der Waals surface area contributed by atoms with E-state index in [9.17, 15) is 9.59 Å². The van der Waals surface area contributed by atoms with E-state index in [2.05, 4.69) is 0 Å². The van der Waals surface area contributed by atoms with Crippen LogP contribution in [0.5, 0.6) is 0 Å². The lowest BCUT2D eigenvalue weighted by Crippen LogP contribution is -2.00. The molecule has 2 heterocycles. The number of aromatic nitrogens is 1. The summed E-state index contributed by atoms with van der Waals surface area (Å²) in [5.41, 5.74) is 3.88. The smallest absolute Gasteiger partial charge is 0.347 e. The number of allylic oxidation sites excluding steroid dienone is 2. The number of thiazole rings is 1. The van der Waals surface area contributed by atoms with E-state index >= 15 is 0 Å². The minimum Gasteiger partial charge on any atom is -0.386 e. The number of cyclic esters (lactones) is 2. The van der Waals surface area contributed by atoms with Crippen molar-refractivity contribution in [3.05, 3.63) is 57.6 Å². The zero-order valence-corrected chi connectivity index (χ0v) is 14.8. The summed E-state index contributed by atoms with van der Waals surface area (Å²) in [6, 6.07) is 9.88. The third-order valence-electron chi connectivity index (χ3n) is 3.89. The molecule has 5 heteroatoms. The number of esters is 2. The Kier molecular flexibility index (Phi) is 4.20. The molecule has 0 amide bonds. The number of carbonyl (C=O) groups excluding carboxylic acids is 2. The fourth-order valence-corrected chi connectivity index (χ4v) is 3.73. The van der Waals surface area contributed by atoms with Crippen molar-refractivity contribution in [2.75, 3.05) is 0 Å². The van der Waals surface area contributed by atoms with Gasteiger partial charge in [0, 0.05) is 10.4 Å². The van der Waals surface area contributed by atoms with Gasteiger partial charge in [0.2, 0.25) is 0 Å². The molecule has 0 radical (unpaired) electrons. The van der Waals surface area contributed by atoms with Crippen LogP contribution in [0.2, 0.25) is 0 Å². The number of rotatable bonds is 2. The van der Waals surface area contributed by atoms with Crippen LogP contribution in [0.25, 0.3) is 16.1 Å². The highest BCUT2D eigenvalue weighted by Gasteiger charge is 2.36. The van der Waals surface area contributed by atoms with Gasteiger partial charge in [-0.05, 0) is 33.3 Å². The molecule has 0 aliphatic carbocycles. The molecule has 4 nitrogen and oxygen atoms in total. The average molecular weight is 339 g/mol. The lowest BCUT2D eigenvalue weighted by Gasteiger charge is -2.04. The van der Waals surface area contributed by atoms with E-state index in [1.165, 1.54) is 0 Å². The Morgan fingerprint density at radius 3 is 2.25 bits per heavy atom. The van der Waals surface area contributed by atoms with Crippen LogP contribution < -0.4 is 0 Å². The minimum absolute atomic E-state index is 0.327. The van der Waals surface area contributed by atoms with Crippen molar-refractivity contribution in [3.8, 4) is 10.6 Å². The van der Waals surface area contributed by atoms with E-state index in [1.807, 2.05) is 44.2 Å². The van der Waals surface area contributed by atoms with Gasteiger partial charge in [0.15, 0.2) is 0 Å². The lowest BCUT2D eigenvalue weighted by molar-refractivity contribution is -0.149. The standard InChI is InChI=1S/C19H17NO3S/c1-10(2)14-15(19(22)23-18(14)21)11(3)16-12(4)24-17(20-16)13-8-6-5-7-9-13/h5-9H,1-4H3. The molecule has 1 fully saturated rings. The normalized spacial score (nSPS) is 16.4. The van der Waals surface area contributed by atoms with Crippen LogP contribution >= 0.6 is 11.3 Å². The van der Waals surface area contributed by atoms with Crippen molar-refractivity contribution >= 4 is 28.8 Å². The van der Waals surface area contributed by atoms with Gasteiger partial charge in [-0.25, -0.2) is 14.6 Å². The summed E-state index contributed by atoms with van der Waals surface area (Å²) in [6.07, 6.45) is 0. The maximum Gasteiger partial charge on any atom is 0.347 e. The van der Waals surface area contributed by atoms with Gasteiger partial charge < -0.3 is 4.74 Å². The lowest BCUT2D eigenvalue weighted by atomic mass is 9.97. The average Bonchev–Trinajstić information content (AvgIpc) is 3.07. The summed E-state index contributed by atoms with van der Waals surface area (Å²) >= 11 is 1.57. The summed E-state index contributed by atoms with van der Waals surface area (Å²) < 4.78 is 4.80. The highest BCUT2D eigenvalue weighted by Crippen LogP contribution is 2.36. The molecule has 0 saturated carbocycles. The number of ether oxygens (including phenoxy) is 1. The van der Waals surface area contributed by atoms with Crippen molar-refractivity contribution in [1.29, 1.82) is 0 Å². The molecule has 1 aliphatic rings. The predicted molar refractivity (Wildman–Crippen MR) is 94.4 cm³/mol. The van der Waals surface area contributed by atoms with Gasteiger partial charge in [0.25, 0.3) is 0 Å². The molecule has 3 rings (SSSR count). The molecular formula is C19H17NO3S. The van der Waals surface area contributed by atoms with E-state index in [-0.39, 0.29) is 0 Å². The number of benzene rings is 1. The highest BCUT2D eigenvalue weighted by atomic mass is 32.1. The molecule has 1 aliphatic heterocycles. The van der Waals surface area contributed by atoms with Crippen LogP contribution in [0.1, 0.15) is 31.3 Å². The summed E-state index contributed by atoms with van der Waals surface area (Å²) in [4.78, 5) is 29.8. The molecule has 0 unspecified atom stereocenters. The highest BCUT2D eigenvalue weighted by molar-refractivity contribution is 7.15. The Bertz CT molecular complexity index is 900. The molecule has 1 saturated heterocycles. The molecule has 122 valence electrons. The molecule has 0 atom stereocenters. The van der Waals surface area contributed by atoms with Crippen LogP contribution in [0.15, 0.2) is 47.1 Å². The van der Waals surface area contributed by atoms with Crippen LogP contribution in [0.3, 0.4) is 0 Å². The molecule has 0 spiro atoms. The van der Waals surface area contributed by atoms with Crippen LogP contribution in [0.4, 0.5) is 0 Å². The largest absolute Gasteiger partial charge is 0.386 e. The van der Waals surface area contributed by atoms with Gasteiger partial charge in [-0.3, -0.25) is 0 Å². The van der Waals surface area contributed by atoms with Crippen molar-refractivity contribution < 1.29 is 14.3 Å². The van der Waals surface area contributed by atoms with E-state index in [1.54, 1.807) is 25.2 Å². The maximum atomic E-state index is 12.1. The summed E-state index contributed by atoms with van der Waals surface area (Å²) in [5.74, 6) is -1.17. The molecule has 0 N–H and O–H groups in total. The first-order chi connectivity index (χ1) is 11.4. The summed E-state index contributed by atoms with van der Waals surface area (Å²) in [5, 5.41) is 0.888. The van der Waals surface area contributed by atoms with Crippen LogP contribution in [-0.2, 0) is 14.3 Å². The van der Waals surface area contributed by atoms with Crippen LogP contribution in [0, 0.1) is 6.92 Å². The maximum absolute atomic E-state index is 12.1. The summed E-state index contributed by atoms with van der Waals surface area (Å²) in [7, 11) is 0. The first kappa shape index (κ1) is 16.3. The Morgan fingerprint density at radius 2 is 1.62 bits per heavy atom. The van der Waals surface area contributed by atoms with Gasteiger partial charge >= 0.3 is 11.9 Å². The molecule has 2 aromatic rings. The van der Waals surface area contributed by atoms with Gasteiger partial charge in [-0.1, -0.05) is 35.9 Å². The molecular weight excluding hydrogens is 322 g/mol. The fraction of sp³-hybridized carbons (Fsp3) is 0.211. The first-order valence-corrected chi connectivity index (χ1v) is 8.40. The summed E-state index contributed by atoms with van der Waals surface area (Å²) in [6.45, 7) is 7.38. The van der Waals surface area contributed by atoms with E-state index < -0.39 is 11.9 Å². The molecule has 1 aromatic heterocycles. The topological polar surface area (TPSA) is 56.3 Å². The number of hydrogen-bond acceptors (Lipinski definition) is 5. The van der Waals surface area contributed by atoms with Gasteiger partial charge in [-0.15, -0.1) is 11.3 Å². The Balaban J connectivity index is 2.15. The second-order valence-electron chi connectivity index (χ2n) is 5.84. The third-order valence-corrected chi connectivity index (χ3v) is 4.91. The molecule has 1 aromatic carbocycles. The third kappa shape index (κ3) is 2.71. The zero-order valence-electron chi connectivity index (χ0n) is 14.0. The number of carbonyl (C=O) groups is 2. The second-order valence-corrected chi connectivity index (χ2v) is 7.05. The minimum atomic E-state index is -0.595. The quantitative estimate of drug-likeness (QED) is 0.465. The monoisotopic (exact) mass is 339 g/mol. The molecule has 0 bridgehead atoms. The van der Waals surface area contributed by atoms with Crippen molar-refractivity contribution in [2.24, 2.45) is 0 Å². The van der Waals surface area contributed by atoms with E-state index in [0.717, 1.165) is 26.7 Å². The first-order valence-electron chi connectivity index (χ1n) is 7.58. The van der Waals surface area contributed by atoms with Crippen LogP contribution in [-0.4, -0.2) is 16.9 Å². The Hall–Kier alpha value is -2.53. The van der Waals surface area contributed by atoms with Crippen molar-refractivity contribution in [2.45, 2.75) is 27.7 Å². The second kappa shape index (κ2) is 6.17. The number of nitrogens with zero attached hydrogens (tertiary/aromatic N) is 1. The van der Waals surface area contributed by atoms with Gasteiger partial charge in [-0.2, -0.15) is 0 Å². The SMILES string of the molecule is CC(C)=C1C(=O)OC(=O)C1=C(C)c1nc(-c2ccccc2)sc1C. The molecule has 24 heavy (non-hydrogen) atoms. The Morgan fingerprint density at radius 1 is 1.00 bits per heavy atom. The van der Waals surface area contributed by atoms with E-state index in [0.29, 0.717) is 16.7 Å². The predicted octanol–water partition coefficient (Wildman–Crippen LogP) is 4.31. The number of aryl methyl sites for hydroxylation is 1.